The van der Waals surface area contributed by atoms with E-state index in [4.69, 9.17) is 23.1 Å². The van der Waals surface area contributed by atoms with Crippen molar-refractivity contribution < 1.29 is 13.6 Å². The maximum absolute atomic E-state index is 14.2. The molecule has 0 radical (unpaired) electrons. The number of hydrogen-bond acceptors (Lipinski definition) is 2. The standard InChI is InChI=1S/C16H14ClF2N5O/c17-12-2-1-10(14-13(19)5-8(18)6-22-14)11-7-24(4-3-9(11)12)16(25)23-15(20)21/h1-2,5-6H,3-4,7H2,(H4,20,21,23,25). The zero-order valence-corrected chi connectivity index (χ0v) is 13.7. The summed E-state index contributed by atoms with van der Waals surface area (Å²) in [6.07, 6.45) is 1.39. The molecule has 1 aromatic carbocycles. The molecule has 2 heterocycles. The molecule has 0 saturated heterocycles. The third-order valence-corrected chi connectivity index (χ3v) is 4.27. The van der Waals surface area contributed by atoms with Gasteiger partial charge in [-0.2, -0.15) is 4.99 Å². The Hall–Kier alpha value is -2.74. The summed E-state index contributed by atoms with van der Waals surface area (Å²) in [7, 11) is 0. The van der Waals surface area contributed by atoms with E-state index in [0.717, 1.165) is 17.8 Å². The number of nitrogens with zero attached hydrogens (tertiary/aromatic N) is 3. The monoisotopic (exact) mass is 365 g/mol. The number of carbonyl (C=O) groups excluding carboxylic acids is 1. The number of pyridine rings is 1. The van der Waals surface area contributed by atoms with E-state index < -0.39 is 17.7 Å². The number of aliphatic imine (C=N–C) groups is 1. The normalized spacial score (nSPS) is 13.3. The number of carbonyl (C=O) groups is 1. The predicted molar refractivity (Wildman–Crippen MR) is 89.9 cm³/mol. The molecule has 6 nitrogen and oxygen atoms in total. The van der Waals surface area contributed by atoms with Crippen LogP contribution in [0, 0.1) is 11.6 Å². The Bertz CT molecular complexity index is 883. The Morgan fingerprint density at radius 3 is 2.72 bits per heavy atom. The van der Waals surface area contributed by atoms with Gasteiger partial charge < -0.3 is 16.4 Å². The van der Waals surface area contributed by atoms with Crippen LogP contribution in [0.2, 0.25) is 5.02 Å². The van der Waals surface area contributed by atoms with Crippen LogP contribution in [0.15, 0.2) is 29.4 Å². The Morgan fingerprint density at radius 2 is 2.04 bits per heavy atom. The highest BCUT2D eigenvalue weighted by Crippen LogP contribution is 2.35. The third-order valence-electron chi connectivity index (χ3n) is 3.91. The molecule has 25 heavy (non-hydrogen) atoms. The fourth-order valence-electron chi connectivity index (χ4n) is 2.81. The van der Waals surface area contributed by atoms with Gasteiger partial charge >= 0.3 is 6.03 Å². The van der Waals surface area contributed by atoms with Crippen LogP contribution in [0.25, 0.3) is 11.3 Å². The summed E-state index contributed by atoms with van der Waals surface area (Å²) in [6, 6.07) is 3.39. The molecule has 2 aromatic rings. The molecule has 2 amide bonds. The summed E-state index contributed by atoms with van der Waals surface area (Å²) in [6.45, 7) is 0.504. The maximum Gasteiger partial charge on any atom is 0.347 e. The summed E-state index contributed by atoms with van der Waals surface area (Å²) < 4.78 is 27.3. The highest BCUT2D eigenvalue weighted by Gasteiger charge is 2.26. The van der Waals surface area contributed by atoms with E-state index in [-0.39, 0.29) is 18.2 Å². The first kappa shape index (κ1) is 17.1. The van der Waals surface area contributed by atoms with E-state index in [0.29, 0.717) is 29.1 Å². The Labute approximate surface area is 147 Å². The molecule has 130 valence electrons. The van der Waals surface area contributed by atoms with Gasteiger partial charge in [0.15, 0.2) is 11.8 Å². The van der Waals surface area contributed by atoms with Gasteiger partial charge in [0.05, 0.1) is 6.20 Å². The number of benzene rings is 1. The van der Waals surface area contributed by atoms with Crippen molar-refractivity contribution in [1.82, 2.24) is 9.88 Å². The van der Waals surface area contributed by atoms with Gasteiger partial charge in [-0.25, -0.2) is 13.6 Å². The van der Waals surface area contributed by atoms with E-state index in [1.807, 2.05) is 0 Å². The highest BCUT2D eigenvalue weighted by molar-refractivity contribution is 6.31. The number of amides is 2. The third kappa shape index (κ3) is 3.39. The second kappa shape index (κ2) is 6.64. The van der Waals surface area contributed by atoms with Gasteiger partial charge in [-0.3, -0.25) is 4.98 Å². The number of nitrogens with two attached hydrogens (primary N) is 2. The van der Waals surface area contributed by atoms with Crippen molar-refractivity contribution in [3.05, 3.63) is 52.2 Å². The van der Waals surface area contributed by atoms with Crippen molar-refractivity contribution in [1.29, 1.82) is 0 Å². The average molecular weight is 366 g/mol. The molecule has 0 saturated carbocycles. The summed E-state index contributed by atoms with van der Waals surface area (Å²) in [5, 5.41) is 0.509. The second-order valence-corrected chi connectivity index (χ2v) is 5.93. The number of guanidine groups is 1. The first-order valence-electron chi connectivity index (χ1n) is 7.37. The van der Waals surface area contributed by atoms with Crippen LogP contribution in [-0.2, 0) is 13.0 Å². The molecular weight excluding hydrogens is 352 g/mol. The minimum absolute atomic E-state index is 0.00884. The molecule has 9 heteroatoms. The zero-order valence-electron chi connectivity index (χ0n) is 13.0. The van der Waals surface area contributed by atoms with E-state index in [1.54, 1.807) is 12.1 Å². The molecule has 0 atom stereocenters. The predicted octanol–water partition coefficient (Wildman–Crippen LogP) is 2.43. The minimum atomic E-state index is -0.794. The lowest BCUT2D eigenvalue weighted by atomic mass is 9.93. The molecule has 3 rings (SSSR count). The maximum atomic E-state index is 14.2. The van der Waals surface area contributed by atoms with Gasteiger partial charge in [0.1, 0.15) is 11.5 Å². The molecular formula is C16H14ClF2N5O. The van der Waals surface area contributed by atoms with Crippen molar-refractivity contribution >= 4 is 23.6 Å². The molecule has 1 aromatic heterocycles. The summed E-state index contributed by atoms with van der Waals surface area (Å²) in [5.74, 6) is -1.90. The zero-order chi connectivity index (χ0) is 18.1. The van der Waals surface area contributed by atoms with Gasteiger partial charge in [-0.15, -0.1) is 0 Å². The topological polar surface area (TPSA) is 97.6 Å². The first-order chi connectivity index (χ1) is 11.9. The van der Waals surface area contributed by atoms with Crippen LogP contribution in [-0.4, -0.2) is 28.4 Å². The fourth-order valence-corrected chi connectivity index (χ4v) is 3.08. The van der Waals surface area contributed by atoms with E-state index in [1.165, 1.54) is 4.90 Å². The lowest BCUT2D eigenvalue weighted by Gasteiger charge is -2.29. The fraction of sp³-hybridized carbons (Fsp3) is 0.188. The number of urea groups is 1. The van der Waals surface area contributed by atoms with Crippen molar-refractivity contribution in [2.75, 3.05) is 6.54 Å². The highest BCUT2D eigenvalue weighted by atomic mass is 35.5. The molecule has 1 aliphatic heterocycles. The number of halogens is 3. The van der Waals surface area contributed by atoms with Crippen LogP contribution in [0.1, 0.15) is 11.1 Å². The van der Waals surface area contributed by atoms with Crippen molar-refractivity contribution in [3.8, 4) is 11.3 Å². The number of fused-ring (bicyclic) bond motifs is 1. The van der Waals surface area contributed by atoms with Gasteiger partial charge in [-0.05, 0) is 23.6 Å². The number of aromatic nitrogens is 1. The molecule has 1 aliphatic rings. The lowest BCUT2D eigenvalue weighted by Crippen LogP contribution is -2.36. The van der Waals surface area contributed by atoms with Gasteiger partial charge in [-0.1, -0.05) is 17.7 Å². The second-order valence-electron chi connectivity index (χ2n) is 5.53. The average Bonchev–Trinajstić information content (AvgIpc) is 2.55. The molecule has 0 bridgehead atoms. The van der Waals surface area contributed by atoms with E-state index >= 15 is 0 Å². The number of hydrogen-bond donors (Lipinski definition) is 2. The summed E-state index contributed by atoms with van der Waals surface area (Å²) in [5.41, 5.74) is 12.3. The SMILES string of the molecule is NC(N)=NC(=O)N1CCc2c(Cl)ccc(-c3ncc(F)cc3F)c2C1. The van der Waals surface area contributed by atoms with Crippen LogP contribution >= 0.6 is 11.6 Å². The quantitative estimate of drug-likeness (QED) is 0.599. The van der Waals surface area contributed by atoms with Gasteiger partial charge in [0.25, 0.3) is 0 Å². The van der Waals surface area contributed by atoms with Crippen LogP contribution in [0.5, 0.6) is 0 Å². The minimum Gasteiger partial charge on any atom is -0.370 e. The number of rotatable bonds is 1. The molecule has 4 N–H and O–H groups in total. The largest absolute Gasteiger partial charge is 0.370 e. The smallest absolute Gasteiger partial charge is 0.347 e. The van der Waals surface area contributed by atoms with Gasteiger partial charge in [0.2, 0.25) is 0 Å². The van der Waals surface area contributed by atoms with E-state index in [9.17, 15) is 13.6 Å². The van der Waals surface area contributed by atoms with Crippen molar-refractivity contribution in [2.45, 2.75) is 13.0 Å². The molecule has 0 unspecified atom stereocenters. The molecule has 0 aliphatic carbocycles. The van der Waals surface area contributed by atoms with Crippen molar-refractivity contribution in [3.63, 3.8) is 0 Å². The van der Waals surface area contributed by atoms with Crippen LogP contribution in [0.4, 0.5) is 13.6 Å². The summed E-state index contributed by atoms with van der Waals surface area (Å²) >= 11 is 6.23. The Morgan fingerprint density at radius 1 is 1.28 bits per heavy atom. The van der Waals surface area contributed by atoms with Crippen molar-refractivity contribution in [2.24, 2.45) is 16.5 Å². The first-order valence-corrected chi connectivity index (χ1v) is 7.75. The molecule has 0 fully saturated rings. The van der Waals surface area contributed by atoms with Gasteiger partial charge in [0, 0.05) is 29.7 Å². The summed E-state index contributed by atoms with van der Waals surface area (Å²) in [4.78, 5) is 20.8. The van der Waals surface area contributed by atoms with Crippen LogP contribution in [0.3, 0.4) is 0 Å². The van der Waals surface area contributed by atoms with Crippen LogP contribution < -0.4 is 11.5 Å². The lowest BCUT2D eigenvalue weighted by molar-refractivity contribution is 0.203. The Balaban J connectivity index is 2.07. The van der Waals surface area contributed by atoms with E-state index in [2.05, 4.69) is 9.98 Å². The Kier molecular flexibility index (Phi) is 4.54. The molecule has 0 spiro atoms.